The largest absolute Gasteiger partial charge is 0.444 e. The van der Waals surface area contributed by atoms with E-state index < -0.39 is 0 Å². The molecule has 0 aliphatic heterocycles. The van der Waals surface area contributed by atoms with Gasteiger partial charge in [-0.1, -0.05) is 6.92 Å². The minimum atomic E-state index is 0.239. The first-order valence-electron chi connectivity index (χ1n) is 7.49. The lowest BCUT2D eigenvalue weighted by molar-refractivity contribution is -0.118. The van der Waals surface area contributed by atoms with Crippen molar-refractivity contribution in [1.29, 1.82) is 0 Å². The Morgan fingerprint density at radius 2 is 1.45 bits per heavy atom. The van der Waals surface area contributed by atoms with E-state index in [1.807, 2.05) is 0 Å². The number of carbonyl (C=O) groups is 1. The van der Waals surface area contributed by atoms with Gasteiger partial charge in [0.05, 0.1) is 0 Å². The Bertz CT molecular complexity index is 254. The molecule has 0 aromatic heterocycles. The van der Waals surface area contributed by atoms with Crippen LogP contribution in [0, 0.1) is 17.8 Å². The molecule has 0 heterocycles. The second-order valence-corrected chi connectivity index (χ2v) is 5.92. The first-order chi connectivity index (χ1) is 9.53. The van der Waals surface area contributed by atoms with Gasteiger partial charge >= 0.3 is 0 Å². The number of Topliss-reactive ketones (excluding diaryl/α,β-unsaturated/α-hetero) is 1. The lowest BCUT2D eigenvalue weighted by Crippen LogP contribution is -2.19. The van der Waals surface area contributed by atoms with Crippen LogP contribution in [0.3, 0.4) is 0 Å². The molecule has 0 N–H and O–H groups in total. The predicted molar refractivity (Wildman–Crippen MR) is 88.8 cm³/mol. The molecule has 0 spiro atoms. The van der Waals surface area contributed by atoms with E-state index in [1.54, 1.807) is 31.1 Å². The van der Waals surface area contributed by atoms with Gasteiger partial charge < -0.3 is 18.8 Å². The van der Waals surface area contributed by atoms with Crippen molar-refractivity contribution in [3.05, 3.63) is 0 Å². The Labute approximate surface area is 126 Å². The maximum Gasteiger partial charge on any atom is 0.257 e. The molecule has 0 amide bonds. The third-order valence-corrected chi connectivity index (χ3v) is 3.55. The van der Waals surface area contributed by atoms with Gasteiger partial charge in [-0.05, 0) is 43.9 Å². The summed E-state index contributed by atoms with van der Waals surface area (Å²) < 4.78 is 15.7. The molecular formula is C13H29B3O4. The van der Waals surface area contributed by atoms with Crippen LogP contribution in [-0.2, 0) is 18.8 Å². The first kappa shape index (κ1) is 19.7. The van der Waals surface area contributed by atoms with E-state index in [0.717, 1.165) is 32.5 Å². The van der Waals surface area contributed by atoms with E-state index in [9.17, 15) is 4.79 Å². The lowest BCUT2D eigenvalue weighted by atomic mass is 9.88. The molecule has 3 unspecified atom stereocenters. The molecule has 0 radical (unpaired) electrons. The van der Waals surface area contributed by atoms with Gasteiger partial charge in [0.1, 0.15) is 5.78 Å². The fraction of sp³-hybridized carbons (Fsp3) is 0.923. The summed E-state index contributed by atoms with van der Waals surface area (Å²) in [5, 5.41) is 0. The normalized spacial score (nSPS) is 15.7. The fourth-order valence-electron chi connectivity index (χ4n) is 2.78. The monoisotopic (exact) mass is 282 g/mol. The summed E-state index contributed by atoms with van der Waals surface area (Å²) in [7, 11) is 5.18. The van der Waals surface area contributed by atoms with Crippen LogP contribution in [0.5, 0.6) is 0 Å². The topological polar surface area (TPSA) is 44.8 Å². The van der Waals surface area contributed by atoms with E-state index in [1.165, 1.54) is 0 Å². The zero-order valence-electron chi connectivity index (χ0n) is 13.8. The maximum absolute atomic E-state index is 11.3. The molecule has 4 nitrogen and oxygen atoms in total. The average Bonchev–Trinajstić information content (AvgIpc) is 2.36. The van der Waals surface area contributed by atoms with Crippen molar-refractivity contribution in [3.63, 3.8) is 0 Å². The average molecular weight is 282 g/mol. The van der Waals surface area contributed by atoms with Gasteiger partial charge in [0, 0.05) is 26.2 Å². The minimum absolute atomic E-state index is 0.239. The lowest BCUT2D eigenvalue weighted by Gasteiger charge is -2.23. The van der Waals surface area contributed by atoms with Crippen LogP contribution in [0.2, 0.25) is 0 Å². The second kappa shape index (κ2) is 12.5. The Hall–Kier alpha value is -0.255. The van der Waals surface area contributed by atoms with Gasteiger partial charge in [-0.3, -0.25) is 0 Å². The first-order valence-corrected chi connectivity index (χ1v) is 7.49. The summed E-state index contributed by atoms with van der Waals surface area (Å²) in [4.78, 5) is 11.3. The van der Waals surface area contributed by atoms with E-state index in [4.69, 9.17) is 14.0 Å². The van der Waals surface area contributed by atoms with Crippen molar-refractivity contribution in [2.24, 2.45) is 17.8 Å². The molecule has 0 fully saturated rings. The third kappa shape index (κ3) is 10.5. The molecule has 0 aliphatic rings. The zero-order chi connectivity index (χ0) is 15.4. The number of ketones is 1. The highest BCUT2D eigenvalue weighted by molar-refractivity contribution is 5.98. The van der Waals surface area contributed by atoms with Crippen molar-refractivity contribution in [1.82, 2.24) is 0 Å². The Balaban J connectivity index is 4.22. The summed E-state index contributed by atoms with van der Waals surface area (Å²) in [6.07, 6.45) is 3.80. The zero-order valence-corrected chi connectivity index (χ0v) is 13.8. The molecule has 0 saturated carbocycles. The molecule has 20 heavy (non-hydrogen) atoms. The smallest absolute Gasteiger partial charge is 0.257 e. The highest BCUT2D eigenvalue weighted by atomic mass is 16.4. The second-order valence-electron chi connectivity index (χ2n) is 5.92. The van der Waals surface area contributed by atoms with Gasteiger partial charge in [-0.2, -0.15) is 0 Å². The molecular weight excluding hydrogens is 253 g/mol. The van der Waals surface area contributed by atoms with E-state index in [2.05, 4.69) is 6.92 Å². The summed E-state index contributed by atoms with van der Waals surface area (Å²) in [6, 6.07) is 0. The molecule has 0 aliphatic carbocycles. The van der Waals surface area contributed by atoms with Gasteiger partial charge in [0.2, 0.25) is 0 Å². The number of hydrogen-bond acceptors (Lipinski definition) is 4. The molecule has 0 aromatic rings. The highest BCUT2D eigenvalue weighted by Crippen LogP contribution is 2.22. The van der Waals surface area contributed by atoms with E-state index in [0.29, 0.717) is 30.8 Å². The Morgan fingerprint density at radius 1 is 0.950 bits per heavy atom. The number of rotatable bonds is 13. The summed E-state index contributed by atoms with van der Waals surface area (Å²) in [5.74, 6) is 1.63. The molecule has 0 rings (SSSR count). The number of carbonyl (C=O) groups excluding carboxylic acids is 1. The van der Waals surface area contributed by atoms with Crippen LogP contribution < -0.4 is 0 Å². The minimum Gasteiger partial charge on any atom is -0.444 e. The quantitative estimate of drug-likeness (QED) is 0.435. The molecule has 0 saturated heterocycles. The van der Waals surface area contributed by atoms with Crippen LogP contribution in [0.15, 0.2) is 0 Å². The van der Waals surface area contributed by atoms with Crippen molar-refractivity contribution in [3.8, 4) is 0 Å². The van der Waals surface area contributed by atoms with Crippen LogP contribution >= 0.6 is 0 Å². The fourth-order valence-corrected chi connectivity index (χ4v) is 2.78. The SMILES string of the molecule is BOCC(C)CC(CCC(COB)CC(C)=O)COB. The predicted octanol–water partition coefficient (Wildman–Crippen LogP) is -0.302. The summed E-state index contributed by atoms with van der Waals surface area (Å²) in [5.41, 5.74) is 0. The van der Waals surface area contributed by atoms with Crippen molar-refractivity contribution >= 4 is 29.9 Å². The number of hydrogen-bond donors (Lipinski definition) is 0. The molecule has 7 heteroatoms. The van der Waals surface area contributed by atoms with Crippen LogP contribution in [0.25, 0.3) is 0 Å². The Morgan fingerprint density at radius 3 is 1.95 bits per heavy atom. The van der Waals surface area contributed by atoms with Gasteiger partial charge in [0.25, 0.3) is 24.1 Å². The molecule has 0 bridgehead atoms. The standard InChI is InChI=1S/C13H29B3O4/c1-10(7-18-14)5-12(8-19-15)3-4-13(9-20-16)6-11(2)17/h10,12-13H,3-9,14-16H2,1-2H3. The molecule has 3 atom stereocenters. The van der Waals surface area contributed by atoms with Gasteiger partial charge in [-0.25, -0.2) is 0 Å². The Kier molecular flexibility index (Phi) is 12.3. The molecule has 0 aromatic carbocycles. The van der Waals surface area contributed by atoms with Crippen LogP contribution in [0.4, 0.5) is 0 Å². The van der Waals surface area contributed by atoms with Crippen LogP contribution in [-0.4, -0.2) is 49.8 Å². The highest BCUT2D eigenvalue weighted by Gasteiger charge is 2.17. The summed E-state index contributed by atoms with van der Waals surface area (Å²) >= 11 is 0. The maximum atomic E-state index is 11.3. The van der Waals surface area contributed by atoms with Crippen molar-refractivity contribution in [2.75, 3.05) is 19.8 Å². The van der Waals surface area contributed by atoms with Gasteiger partial charge in [0.15, 0.2) is 0 Å². The van der Waals surface area contributed by atoms with Crippen molar-refractivity contribution in [2.45, 2.75) is 39.5 Å². The third-order valence-electron chi connectivity index (χ3n) is 3.55. The summed E-state index contributed by atoms with van der Waals surface area (Å²) in [6.45, 7) is 6.07. The molecule has 114 valence electrons. The van der Waals surface area contributed by atoms with Gasteiger partial charge in [-0.15, -0.1) is 0 Å². The van der Waals surface area contributed by atoms with Crippen LogP contribution in [0.1, 0.15) is 39.5 Å². The van der Waals surface area contributed by atoms with E-state index in [-0.39, 0.29) is 5.78 Å². The van der Waals surface area contributed by atoms with E-state index >= 15 is 0 Å². The van der Waals surface area contributed by atoms with Crippen molar-refractivity contribution < 1.29 is 18.8 Å².